The van der Waals surface area contributed by atoms with Crippen LogP contribution < -0.4 is 0 Å². The zero-order valence-corrected chi connectivity index (χ0v) is 12.0. The minimum Gasteiger partial charge on any atom is -0.283 e. The molecule has 0 saturated heterocycles. The van der Waals surface area contributed by atoms with E-state index < -0.39 is 11.7 Å². The fourth-order valence-electron chi connectivity index (χ4n) is 2.15. The molecule has 0 N–H and O–H groups in total. The predicted molar refractivity (Wildman–Crippen MR) is 75.7 cm³/mol. The van der Waals surface area contributed by atoms with E-state index in [0.717, 1.165) is 12.1 Å². The summed E-state index contributed by atoms with van der Waals surface area (Å²) in [6.45, 7) is 0.125. The van der Waals surface area contributed by atoms with Gasteiger partial charge in [0.15, 0.2) is 5.65 Å². The summed E-state index contributed by atoms with van der Waals surface area (Å²) in [5.74, 6) is 0. The molecule has 0 bridgehead atoms. The van der Waals surface area contributed by atoms with Crippen molar-refractivity contribution in [1.82, 2.24) is 14.5 Å². The van der Waals surface area contributed by atoms with Crippen LogP contribution >= 0.6 is 0 Å². The van der Waals surface area contributed by atoms with Gasteiger partial charge in [-0.15, -0.1) is 0 Å². The van der Waals surface area contributed by atoms with Gasteiger partial charge in [-0.1, -0.05) is 6.07 Å². The van der Waals surface area contributed by atoms with Crippen LogP contribution in [0.4, 0.5) is 13.2 Å². The van der Waals surface area contributed by atoms with E-state index in [-0.39, 0.29) is 6.61 Å². The molecule has 8 heteroatoms. The van der Waals surface area contributed by atoms with Gasteiger partial charge in [0.05, 0.1) is 18.4 Å². The number of alkyl halides is 3. The molecule has 0 fully saturated rings. The number of aromatic nitrogens is 3. The van der Waals surface area contributed by atoms with Gasteiger partial charge in [0.1, 0.15) is 18.5 Å². The van der Waals surface area contributed by atoms with E-state index in [0.29, 0.717) is 22.5 Å². The maximum Gasteiger partial charge on any atom is 0.416 e. The Bertz CT molecular complexity index is 830. The Balaban J connectivity index is 2.06. The van der Waals surface area contributed by atoms with Crippen LogP contribution in [0.2, 0.25) is 0 Å². The molecule has 3 rings (SSSR count). The fraction of sp³-hybridized carbons (Fsp3) is 0.200. The first kappa shape index (κ1) is 15.4. The van der Waals surface area contributed by atoms with Gasteiger partial charge in [0, 0.05) is 5.69 Å². The van der Waals surface area contributed by atoms with Crippen LogP contribution in [0.25, 0.3) is 16.9 Å². The summed E-state index contributed by atoms with van der Waals surface area (Å²) in [6.07, 6.45) is -2.97. The summed E-state index contributed by atoms with van der Waals surface area (Å²) in [5.41, 5.74) is 1.20. The maximum atomic E-state index is 12.9. The second kappa shape index (κ2) is 5.98. The molecular weight excluding hydrogens is 311 g/mol. The van der Waals surface area contributed by atoms with Crippen molar-refractivity contribution >= 4 is 11.2 Å². The number of hydrogen-bond donors (Lipinski definition) is 0. The third-order valence-corrected chi connectivity index (χ3v) is 3.23. The molecule has 0 aliphatic rings. The summed E-state index contributed by atoms with van der Waals surface area (Å²) in [7, 11) is 1.38. The number of imidazole rings is 1. The Morgan fingerprint density at radius 2 is 2.00 bits per heavy atom. The monoisotopic (exact) mass is 323 g/mol. The van der Waals surface area contributed by atoms with Gasteiger partial charge in [-0.2, -0.15) is 13.2 Å². The van der Waals surface area contributed by atoms with Gasteiger partial charge in [-0.3, -0.25) is 4.57 Å². The molecule has 0 aliphatic carbocycles. The number of rotatable bonds is 4. The molecule has 3 aromatic rings. The summed E-state index contributed by atoms with van der Waals surface area (Å²) < 4.78 is 40.1. The fourth-order valence-corrected chi connectivity index (χ4v) is 2.15. The third kappa shape index (κ3) is 3.17. The van der Waals surface area contributed by atoms with Crippen molar-refractivity contribution < 1.29 is 22.9 Å². The molecule has 1 aromatic carbocycles. The molecule has 5 nitrogen and oxygen atoms in total. The largest absolute Gasteiger partial charge is 0.416 e. The van der Waals surface area contributed by atoms with Gasteiger partial charge >= 0.3 is 6.18 Å². The number of pyridine rings is 1. The zero-order valence-electron chi connectivity index (χ0n) is 12.0. The Hall–Kier alpha value is -2.45. The highest BCUT2D eigenvalue weighted by Gasteiger charge is 2.30. The Morgan fingerprint density at radius 1 is 1.17 bits per heavy atom. The average molecular weight is 323 g/mol. The molecule has 23 heavy (non-hydrogen) atoms. The Morgan fingerprint density at radius 3 is 2.74 bits per heavy atom. The molecule has 0 spiro atoms. The van der Waals surface area contributed by atoms with Crippen LogP contribution in [-0.2, 0) is 22.6 Å². The van der Waals surface area contributed by atoms with E-state index in [9.17, 15) is 13.2 Å². The highest BCUT2D eigenvalue weighted by atomic mass is 19.4. The molecule has 0 atom stereocenters. The third-order valence-electron chi connectivity index (χ3n) is 3.23. The van der Waals surface area contributed by atoms with E-state index in [1.807, 2.05) is 0 Å². The van der Waals surface area contributed by atoms with E-state index >= 15 is 0 Å². The molecule has 2 heterocycles. The molecule has 120 valence electrons. The summed E-state index contributed by atoms with van der Waals surface area (Å²) >= 11 is 0. The maximum absolute atomic E-state index is 12.9. The van der Waals surface area contributed by atoms with Crippen LogP contribution in [0.1, 0.15) is 11.3 Å². The summed E-state index contributed by atoms with van der Waals surface area (Å²) in [4.78, 5) is 17.8. The number of halogens is 3. The van der Waals surface area contributed by atoms with Crippen molar-refractivity contribution in [3.8, 4) is 5.69 Å². The van der Waals surface area contributed by atoms with Crippen molar-refractivity contribution in [2.45, 2.75) is 12.8 Å². The van der Waals surface area contributed by atoms with Gasteiger partial charge in [-0.25, -0.2) is 19.7 Å². The molecule has 0 aliphatic heterocycles. The first-order valence-corrected chi connectivity index (χ1v) is 6.65. The average Bonchev–Trinajstić information content (AvgIpc) is 2.95. The topological polar surface area (TPSA) is 49.2 Å². The number of benzene rings is 1. The molecule has 0 saturated carbocycles. The highest BCUT2D eigenvalue weighted by molar-refractivity contribution is 5.73. The SMILES string of the molecule is COOCc1ccc2ncn(-c3cccc(C(F)(F)F)c3)c2n1. The van der Waals surface area contributed by atoms with Crippen molar-refractivity contribution in [3.63, 3.8) is 0 Å². The smallest absolute Gasteiger partial charge is 0.283 e. The lowest BCUT2D eigenvalue weighted by atomic mass is 10.2. The van der Waals surface area contributed by atoms with Crippen LogP contribution in [0.5, 0.6) is 0 Å². The standard InChI is InChI=1S/C15H12F3N3O2/c1-22-23-8-11-5-6-13-14(20-11)21(9-19-13)12-4-2-3-10(7-12)15(16,17)18/h2-7,9H,8H2,1H3. The number of hydrogen-bond acceptors (Lipinski definition) is 4. The van der Waals surface area contributed by atoms with Gasteiger partial charge < -0.3 is 0 Å². The molecule has 2 aromatic heterocycles. The summed E-state index contributed by atoms with van der Waals surface area (Å²) in [5, 5.41) is 0. The Kier molecular flexibility index (Phi) is 4.01. The predicted octanol–water partition coefficient (Wildman–Crippen LogP) is 3.52. The van der Waals surface area contributed by atoms with Crippen molar-refractivity contribution in [1.29, 1.82) is 0 Å². The van der Waals surface area contributed by atoms with E-state index in [2.05, 4.69) is 14.9 Å². The van der Waals surface area contributed by atoms with Gasteiger partial charge in [0.2, 0.25) is 0 Å². The highest BCUT2D eigenvalue weighted by Crippen LogP contribution is 2.30. The minimum absolute atomic E-state index is 0.125. The van der Waals surface area contributed by atoms with Gasteiger partial charge in [-0.05, 0) is 30.3 Å². The van der Waals surface area contributed by atoms with Crippen LogP contribution in [0.15, 0.2) is 42.7 Å². The lowest BCUT2D eigenvalue weighted by Crippen LogP contribution is -2.06. The second-order valence-electron chi connectivity index (χ2n) is 4.74. The lowest BCUT2D eigenvalue weighted by molar-refractivity contribution is -0.282. The minimum atomic E-state index is -4.41. The Labute approximate surface area is 129 Å². The zero-order chi connectivity index (χ0) is 16.4. The quantitative estimate of drug-likeness (QED) is 0.544. The number of nitrogens with zero attached hydrogens (tertiary/aromatic N) is 3. The van der Waals surface area contributed by atoms with Crippen molar-refractivity contribution in [3.05, 3.63) is 54.0 Å². The van der Waals surface area contributed by atoms with E-state index in [4.69, 9.17) is 4.89 Å². The van der Waals surface area contributed by atoms with Crippen LogP contribution in [0, 0.1) is 0 Å². The molecule has 0 unspecified atom stereocenters. The normalized spacial score (nSPS) is 12.0. The van der Waals surface area contributed by atoms with E-state index in [1.165, 1.54) is 24.1 Å². The lowest BCUT2D eigenvalue weighted by Gasteiger charge is -2.10. The summed E-state index contributed by atoms with van der Waals surface area (Å²) in [6, 6.07) is 8.43. The second-order valence-corrected chi connectivity index (χ2v) is 4.74. The van der Waals surface area contributed by atoms with Crippen molar-refractivity contribution in [2.24, 2.45) is 0 Å². The van der Waals surface area contributed by atoms with Gasteiger partial charge in [0.25, 0.3) is 0 Å². The van der Waals surface area contributed by atoms with Crippen LogP contribution in [0.3, 0.4) is 0 Å². The first-order valence-electron chi connectivity index (χ1n) is 6.65. The molecule has 0 radical (unpaired) electrons. The molecule has 0 amide bonds. The van der Waals surface area contributed by atoms with Crippen LogP contribution in [-0.4, -0.2) is 21.6 Å². The number of fused-ring (bicyclic) bond motifs is 1. The van der Waals surface area contributed by atoms with E-state index in [1.54, 1.807) is 18.2 Å². The van der Waals surface area contributed by atoms with Crippen molar-refractivity contribution in [2.75, 3.05) is 7.11 Å². The first-order chi connectivity index (χ1) is 11.0. The molecular formula is C15H12F3N3O2.